The average Bonchev–Trinajstić information content (AvgIpc) is 2.30. The third kappa shape index (κ3) is 1.67. The fraction of sp³-hybridized carbons (Fsp3) is 0.300. The standard InChI is InChI=1S/C10H10BrNO/c11-9-3-1-2-8-7(9)4-5-12-6-10(8)13/h1-3,12H,4-6H2. The third-order valence-electron chi connectivity index (χ3n) is 2.26. The summed E-state index contributed by atoms with van der Waals surface area (Å²) in [5.74, 6) is 0.189. The molecule has 1 N–H and O–H groups in total. The Labute approximate surface area is 85.5 Å². The first-order valence-electron chi connectivity index (χ1n) is 4.30. The van der Waals surface area contributed by atoms with Crippen molar-refractivity contribution in [2.45, 2.75) is 6.42 Å². The first kappa shape index (κ1) is 8.91. The second-order valence-electron chi connectivity index (χ2n) is 3.12. The van der Waals surface area contributed by atoms with E-state index in [4.69, 9.17) is 0 Å². The van der Waals surface area contributed by atoms with E-state index in [9.17, 15) is 4.79 Å². The molecule has 1 aromatic carbocycles. The fourth-order valence-corrected chi connectivity index (χ4v) is 2.15. The minimum Gasteiger partial charge on any atom is -0.309 e. The molecule has 0 radical (unpaired) electrons. The van der Waals surface area contributed by atoms with E-state index in [1.54, 1.807) is 0 Å². The number of rotatable bonds is 0. The molecule has 0 aliphatic carbocycles. The van der Waals surface area contributed by atoms with Crippen molar-refractivity contribution < 1.29 is 4.79 Å². The molecule has 1 aliphatic heterocycles. The Bertz CT molecular complexity index is 349. The monoisotopic (exact) mass is 239 g/mol. The number of carbonyl (C=O) groups is 1. The third-order valence-corrected chi connectivity index (χ3v) is 3.00. The van der Waals surface area contributed by atoms with Crippen LogP contribution < -0.4 is 5.32 Å². The zero-order chi connectivity index (χ0) is 9.26. The van der Waals surface area contributed by atoms with Crippen LogP contribution in [0.5, 0.6) is 0 Å². The van der Waals surface area contributed by atoms with E-state index in [2.05, 4.69) is 21.2 Å². The highest BCUT2D eigenvalue weighted by atomic mass is 79.9. The summed E-state index contributed by atoms with van der Waals surface area (Å²) in [6.45, 7) is 1.34. The van der Waals surface area contributed by atoms with Crippen LogP contribution in [-0.4, -0.2) is 18.9 Å². The molecule has 68 valence electrons. The van der Waals surface area contributed by atoms with E-state index in [0.717, 1.165) is 28.6 Å². The van der Waals surface area contributed by atoms with Crippen molar-refractivity contribution in [3.05, 3.63) is 33.8 Å². The van der Waals surface area contributed by atoms with E-state index in [1.807, 2.05) is 18.2 Å². The van der Waals surface area contributed by atoms with Crippen molar-refractivity contribution in [3.63, 3.8) is 0 Å². The van der Waals surface area contributed by atoms with Gasteiger partial charge in [0.2, 0.25) is 0 Å². The summed E-state index contributed by atoms with van der Waals surface area (Å²) in [6, 6.07) is 5.79. The maximum Gasteiger partial charge on any atom is 0.176 e. The molecule has 2 nitrogen and oxygen atoms in total. The minimum atomic E-state index is 0.189. The lowest BCUT2D eigenvalue weighted by atomic mass is 10.0. The van der Waals surface area contributed by atoms with Crippen molar-refractivity contribution >= 4 is 21.7 Å². The van der Waals surface area contributed by atoms with Crippen LogP contribution in [0.15, 0.2) is 22.7 Å². The van der Waals surface area contributed by atoms with Crippen molar-refractivity contribution in [3.8, 4) is 0 Å². The van der Waals surface area contributed by atoms with Crippen molar-refractivity contribution in [1.29, 1.82) is 0 Å². The van der Waals surface area contributed by atoms with Crippen LogP contribution in [0.3, 0.4) is 0 Å². The lowest BCUT2D eigenvalue weighted by molar-refractivity contribution is 0.0994. The van der Waals surface area contributed by atoms with Crippen LogP contribution in [0.25, 0.3) is 0 Å². The highest BCUT2D eigenvalue weighted by Crippen LogP contribution is 2.22. The van der Waals surface area contributed by atoms with Gasteiger partial charge >= 0.3 is 0 Å². The zero-order valence-corrected chi connectivity index (χ0v) is 8.73. The van der Waals surface area contributed by atoms with E-state index in [0.29, 0.717) is 6.54 Å². The predicted octanol–water partition coefficient (Wildman–Crippen LogP) is 1.78. The van der Waals surface area contributed by atoms with Gasteiger partial charge in [0.25, 0.3) is 0 Å². The van der Waals surface area contributed by atoms with Gasteiger partial charge in [0.05, 0.1) is 6.54 Å². The van der Waals surface area contributed by atoms with Gasteiger partial charge in [-0.15, -0.1) is 0 Å². The SMILES string of the molecule is O=C1CNCCc2c(Br)cccc21. The molecule has 2 rings (SSSR count). The molecule has 1 aliphatic rings. The highest BCUT2D eigenvalue weighted by Gasteiger charge is 2.16. The van der Waals surface area contributed by atoms with Crippen molar-refractivity contribution in [2.24, 2.45) is 0 Å². The number of ketones is 1. The number of benzene rings is 1. The molecule has 0 unspecified atom stereocenters. The molecule has 13 heavy (non-hydrogen) atoms. The molecule has 0 aromatic heterocycles. The van der Waals surface area contributed by atoms with Crippen LogP contribution in [0.2, 0.25) is 0 Å². The summed E-state index contributed by atoms with van der Waals surface area (Å²) < 4.78 is 1.04. The van der Waals surface area contributed by atoms with Crippen LogP contribution >= 0.6 is 15.9 Å². The van der Waals surface area contributed by atoms with Crippen LogP contribution in [0, 0.1) is 0 Å². The molecule has 1 heterocycles. The molecular weight excluding hydrogens is 230 g/mol. The molecule has 1 aromatic rings. The van der Waals surface area contributed by atoms with Gasteiger partial charge in [0.1, 0.15) is 0 Å². The topological polar surface area (TPSA) is 29.1 Å². The van der Waals surface area contributed by atoms with Gasteiger partial charge in [-0.2, -0.15) is 0 Å². The number of hydrogen-bond donors (Lipinski definition) is 1. The lowest BCUT2D eigenvalue weighted by Crippen LogP contribution is -2.21. The fourth-order valence-electron chi connectivity index (χ4n) is 1.58. The molecule has 0 fully saturated rings. The van der Waals surface area contributed by atoms with Crippen LogP contribution in [0.1, 0.15) is 15.9 Å². The molecule has 0 saturated carbocycles. The molecule has 3 heteroatoms. The second kappa shape index (κ2) is 3.60. The Balaban J connectivity index is 2.54. The van der Waals surface area contributed by atoms with Gasteiger partial charge in [-0.1, -0.05) is 28.1 Å². The van der Waals surface area contributed by atoms with Gasteiger partial charge in [-0.3, -0.25) is 4.79 Å². The largest absolute Gasteiger partial charge is 0.309 e. The highest BCUT2D eigenvalue weighted by molar-refractivity contribution is 9.10. The quantitative estimate of drug-likeness (QED) is 0.748. The molecule has 0 saturated heterocycles. The maximum absolute atomic E-state index is 11.6. The van der Waals surface area contributed by atoms with E-state index >= 15 is 0 Å². The lowest BCUT2D eigenvalue weighted by Gasteiger charge is -2.05. The number of nitrogens with one attached hydrogen (secondary N) is 1. The Morgan fingerprint density at radius 3 is 3.08 bits per heavy atom. The minimum absolute atomic E-state index is 0.189. The zero-order valence-electron chi connectivity index (χ0n) is 7.14. The van der Waals surface area contributed by atoms with E-state index < -0.39 is 0 Å². The second-order valence-corrected chi connectivity index (χ2v) is 3.97. The molecule has 0 amide bonds. The van der Waals surface area contributed by atoms with Gasteiger partial charge < -0.3 is 5.32 Å². The number of hydrogen-bond acceptors (Lipinski definition) is 2. The van der Waals surface area contributed by atoms with Crippen LogP contribution in [-0.2, 0) is 6.42 Å². The summed E-state index contributed by atoms with van der Waals surface area (Å²) in [5.41, 5.74) is 2.00. The number of fused-ring (bicyclic) bond motifs is 1. The van der Waals surface area contributed by atoms with Gasteiger partial charge in [-0.05, 0) is 24.6 Å². The van der Waals surface area contributed by atoms with E-state index in [-0.39, 0.29) is 5.78 Å². The summed E-state index contributed by atoms with van der Waals surface area (Å²) in [5, 5.41) is 3.10. The normalized spacial score (nSPS) is 16.5. The Morgan fingerprint density at radius 1 is 1.38 bits per heavy atom. The Kier molecular flexibility index (Phi) is 2.47. The summed E-state index contributed by atoms with van der Waals surface area (Å²) in [7, 11) is 0. The van der Waals surface area contributed by atoms with Crippen LogP contribution in [0.4, 0.5) is 0 Å². The van der Waals surface area contributed by atoms with Crippen molar-refractivity contribution in [2.75, 3.05) is 13.1 Å². The first-order valence-corrected chi connectivity index (χ1v) is 5.09. The molecule has 0 atom stereocenters. The summed E-state index contributed by atoms with van der Waals surface area (Å²) in [6.07, 6.45) is 0.919. The van der Waals surface area contributed by atoms with E-state index in [1.165, 1.54) is 0 Å². The Morgan fingerprint density at radius 2 is 2.23 bits per heavy atom. The number of carbonyl (C=O) groups excluding carboxylic acids is 1. The molecule has 0 spiro atoms. The predicted molar refractivity (Wildman–Crippen MR) is 55.0 cm³/mol. The van der Waals surface area contributed by atoms with Crippen molar-refractivity contribution in [1.82, 2.24) is 5.32 Å². The molecule has 0 bridgehead atoms. The molecular formula is C10H10BrNO. The number of halogens is 1. The smallest absolute Gasteiger partial charge is 0.176 e. The van der Waals surface area contributed by atoms with Gasteiger partial charge in [0.15, 0.2) is 5.78 Å². The summed E-state index contributed by atoms with van der Waals surface area (Å²) >= 11 is 3.46. The van der Waals surface area contributed by atoms with Gasteiger partial charge in [-0.25, -0.2) is 0 Å². The van der Waals surface area contributed by atoms with Gasteiger partial charge in [0, 0.05) is 10.0 Å². The maximum atomic E-state index is 11.6. The first-order chi connectivity index (χ1) is 6.29. The number of Topliss-reactive ketones (excluding diaryl/α,β-unsaturated/α-hetero) is 1. The Hall–Kier alpha value is -0.670. The average molecular weight is 240 g/mol. The summed E-state index contributed by atoms with van der Waals surface area (Å²) in [4.78, 5) is 11.6.